The second kappa shape index (κ2) is 8.64. The Morgan fingerprint density at radius 2 is 1.88 bits per heavy atom. The molecule has 5 nitrogen and oxygen atoms in total. The van der Waals surface area contributed by atoms with Crippen LogP contribution in [-0.4, -0.2) is 22.7 Å². The Balaban J connectivity index is 1.62. The smallest absolute Gasteiger partial charge is 0.261 e. The molecular formula is C18H17N3O2S2. The normalized spacial score (nSPS) is 10.4. The van der Waals surface area contributed by atoms with Crippen molar-refractivity contribution in [2.75, 3.05) is 11.9 Å². The first kappa shape index (κ1) is 17.4. The van der Waals surface area contributed by atoms with Crippen molar-refractivity contribution in [1.82, 2.24) is 10.2 Å². The molecule has 0 unspecified atom stereocenters. The van der Waals surface area contributed by atoms with Crippen molar-refractivity contribution in [1.29, 1.82) is 0 Å². The fraction of sp³-hybridized carbons (Fsp3) is 0.167. The van der Waals surface area contributed by atoms with Gasteiger partial charge in [-0.2, -0.15) is 0 Å². The Morgan fingerprint density at radius 1 is 1.12 bits per heavy atom. The van der Waals surface area contributed by atoms with Gasteiger partial charge in [-0.05, 0) is 24.6 Å². The number of hydrogen-bond acceptors (Lipinski definition) is 6. The van der Waals surface area contributed by atoms with Crippen LogP contribution in [0.3, 0.4) is 0 Å². The molecule has 1 heterocycles. The van der Waals surface area contributed by atoms with Crippen molar-refractivity contribution < 1.29 is 9.53 Å². The van der Waals surface area contributed by atoms with Gasteiger partial charge in [-0.15, -0.1) is 10.2 Å². The molecule has 3 aromatic rings. The SMILES string of the molecule is CCOc1ccccc1C(=O)Nc1nnc(SCc2ccccc2)s1. The maximum absolute atomic E-state index is 12.4. The van der Waals surface area contributed by atoms with Crippen LogP contribution in [0.4, 0.5) is 5.13 Å². The van der Waals surface area contributed by atoms with Crippen LogP contribution in [0.2, 0.25) is 0 Å². The molecule has 0 radical (unpaired) electrons. The van der Waals surface area contributed by atoms with E-state index in [4.69, 9.17) is 4.74 Å². The number of hydrogen-bond donors (Lipinski definition) is 1. The molecular weight excluding hydrogens is 354 g/mol. The molecule has 0 aliphatic heterocycles. The maximum Gasteiger partial charge on any atom is 0.261 e. The molecule has 0 spiro atoms. The van der Waals surface area contributed by atoms with Crippen molar-refractivity contribution in [2.24, 2.45) is 0 Å². The summed E-state index contributed by atoms with van der Waals surface area (Å²) in [5.74, 6) is 1.13. The predicted octanol–water partition coefficient (Wildman–Crippen LogP) is 4.48. The number of amides is 1. The first-order valence-electron chi connectivity index (χ1n) is 7.79. The standard InChI is InChI=1S/C18H17N3O2S2/c1-2-23-15-11-7-6-10-14(15)16(22)19-17-20-21-18(25-17)24-12-13-8-4-3-5-9-13/h3-11H,2,12H2,1H3,(H,19,20,22). The van der Waals surface area contributed by atoms with Crippen LogP contribution in [0, 0.1) is 0 Å². The fourth-order valence-corrected chi connectivity index (χ4v) is 3.84. The molecule has 25 heavy (non-hydrogen) atoms. The van der Waals surface area contributed by atoms with Crippen molar-refractivity contribution in [3.8, 4) is 5.75 Å². The minimum atomic E-state index is -0.250. The average Bonchev–Trinajstić information content (AvgIpc) is 3.09. The zero-order chi connectivity index (χ0) is 17.5. The van der Waals surface area contributed by atoms with Crippen LogP contribution < -0.4 is 10.1 Å². The van der Waals surface area contributed by atoms with Gasteiger partial charge in [-0.3, -0.25) is 10.1 Å². The topological polar surface area (TPSA) is 64.1 Å². The molecule has 0 saturated carbocycles. The van der Waals surface area contributed by atoms with E-state index in [2.05, 4.69) is 27.6 Å². The summed E-state index contributed by atoms with van der Waals surface area (Å²) >= 11 is 2.96. The third-order valence-corrected chi connectivity index (χ3v) is 5.31. The quantitative estimate of drug-likeness (QED) is 0.490. The van der Waals surface area contributed by atoms with Gasteiger partial charge in [0.15, 0.2) is 4.34 Å². The molecule has 0 atom stereocenters. The van der Waals surface area contributed by atoms with E-state index >= 15 is 0 Å². The molecule has 0 fully saturated rings. The van der Waals surface area contributed by atoms with E-state index in [-0.39, 0.29) is 5.91 Å². The highest BCUT2D eigenvalue weighted by atomic mass is 32.2. The Morgan fingerprint density at radius 3 is 2.68 bits per heavy atom. The number of anilines is 1. The number of para-hydroxylation sites is 1. The lowest BCUT2D eigenvalue weighted by molar-refractivity contribution is 0.102. The van der Waals surface area contributed by atoms with Gasteiger partial charge in [-0.1, -0.05) is 65.6 Å². The van der Waals surface area contributed by atoms with Gasteiger partial charge in [0.05, 0.1) is 12.2 Å². The molecule has 7 heteroatoms. The zero-order valence-corrected chi connectivity index (χ0v) is 15.3. The largest absolute Gasteiger partial charge is 0.493 e. The number of carbonyl (C=O) groups excluding carboxylic acids is 1. The van der Waals surface area contributed by atoms with E-state index in [1.165, 1.54) is 16.9 Å². The molecule has 0 saturated heterocycles. The number of nitrogens with one attached hydrogen (secondary N) is 1. The summed E-state index contributed by atoms with van der Waals surface area (Å²) in [5, 5.41) is 11.4. The molecule has 2 aromatic carbocycles. The van der Waals surface area contributed by atoms with Crippen molar-refractivity contribution in [3.63, 3.8) is 0 Å². The van der Waals surface area contributed by atoms with Crippen LogP contribution in [-0.2, 0) is 5.75 Å². The van der Waals surface area contributed by atoms with Gasteiger partial charge in [0.2, 0.25) is 5.13 Å². The minimum Gasteiger partial charge on any atom is -0.493 e. The number of nitrogens with zero attached hydrogens (tertiary/aromatic N) is 2. The van der Waals surface area contributed by atoms with E-state index < -0.39 is 0 Å². The Bertz CT molecular complexity index is 837. The molecule has 128 valence electrons. The van der Waals surface area contributed by atoms with Crippen molar-refractivity contribution >= 4 is 34.1 Å². The Kier molecular flexibility index (Phi) is 6.03. The summed E-state index contributed by atoms with van der Waals surface area (Å²) in [5.41, 5.74) is 1.71. The molecule has 0 aliphatic rings. The van der Waals surface area contributed by atoms with Crippen LogP contribution in [0.5, 0.6) is 5.75 Å². The highest BCUT2D eigenvalue weighted by Crippen LogP contribution is 2.29. The first-order valence-corrected chi connectivity index (χ1v) is 9.60. The second-order valence-electron chi connectivity index (χ2n) is 5.03. The Hall–Kier alpha value is -2.38. The summed E-state index contributed by atoms with van der Waals surface area (Å²) in [7, 11) is 0. The van der Waals surface area contributed by atoms with E-state index in [0.29, 0.717) is 23.1 Å². The summed E-state index contributed by atoms with van der Waals surface area (Å²) in [6, 6.07) is 17.3. The van der Waals surface area contributed by atoms with Gasteiger partial charge in [0.25, 0.3) is 5.91 Å². The third-order valence-electron chi connectivity index (χ3n) is 3.26. The average molecular weight is 371 g/mol. The number of thioether (sulfide) groups is 1. The van der Waals surface area contributed by atoms with Crippen LogP contribution in [0.25, 0.3) is 0 Å². The van der Waals surface area contributed by atoms with Gasteiger partial charge < -0.3 is 4.74 Å². The van der Waals surface area contributed by atoms with Crippen LogP contribution in [0.15, 0.2) is 58.9 Å². The molecule has 1 N–H and O–H groups in total. The molecule has 1 amide bonds. The van der Waals surface area contributed by atoms with Gasteiger partial charge in [0.1, 0.15) is 5.75 Å². The molecule has 0 bridgehead atoms. The van der Waals surface area contributed by atoms with E-state index in [0.717, 1.165) is 10.1 Å². The lowest BCUT2D eigenvalue weighted by Gasteiger charge is -2.08. The van der Waals surface area contributed by atoms with Crippen molar-refractivity contribution in [3.05, 3.63) is 65.7 Å². The van der Waals surface area contributed by atoms with Crippen LogP contribution >= 0.6 is 23.1 Å². The molecule has 0 aliphatic carbocycles. The number of benzene rings is 2. The summed E-state index contributed by atoms with van der Waals surface area (Å²) < 4.78 is 6.31. The number of rotatable bonds is 7. The lowest BCUT2D eigenvalue weighted by atomic mass is 10.2. The van der Waals surface area contributed by atoms with E-state index in [1.54, 1.807) is 30.0 Å². The van der Waals surface area contributed by atoms with Crippen molar-refractivity contribution in [2.45, 2.75) is 17.0 Å². The minimum absolute atomic E-state index is 0.250. The first-order chi connectivity index (χ1) is 12.3. The monoisotopic (exact) mass is 371 g/mol. The highest BCUT2D eigenvalue weighted by Gasteiger charge is 2.14. The summed E-state index contributed by atoms with van der Waals surface area (Å²) in [4.78, 5) is 12.4. The fourth-order valence-electron chi connectivity index (χ4n) is 2.14. The highest BCUT2D eigenvalue weighted by molar-refractivity contribution is 8.00. The summed E-state index contributed by atoms with van der Waals surface area (Å²) in [6.07, 6.45) is 0. The third kappa shape index (κ3) is 4.80. The van der Waals surface area contributed by atoms with Gasteiger partial charge in [0, 0.05) is 5.75 Å². The Labute approximate surface area is 154 Å². The van der Waals surface area contributed by atoms with Gasteiger partial charge in [-0.25, -0.2) is 0 Å². The van der Waals surface area contributed by atoms with Gasteiger partial charge >= 0.3 is 0 Å². The van der Waals surface area contributed by atoms with E-state index in [1.807, 2.05) is 31.2 Å². The maximum atomic E-state index is 12.4. The number of carbonyl (C=O) groups is 1. The number of ether oxygens (including phenoxy) is 1. The lowest BCUT2D eigenvalue weighted by Crippen LogP contribution is -2.13. The number of aromatic nitrogens is 2. The zero-order valence-electron chi connectivity index (χ0n) is 13.6. The molecule has 3 rings (SSSR count). The van der Waals surface area contributed by atoms with Crippen LogP contribution in [0.1, 0.15) is 22.8 Å². The van der Waals surface area contributed by atoms with E-state index in [9.17, 15) is 4.79 Å². The summed E-state index contributed by atoms with van der Waals surface area (Å²) in [6.45, 7) is 2.39. The molecule has 1 aromatic heterocycles. The second-order valence-corrected chi connectivity index (χ2v) is 7.23. The predicted molar refractivity (Wildman–Crippen MR) is 101 cm³/mol.